The molecule has 0 heterocycles. The molecule has 0 aromatic carbocycles. The van der Waals surface area contributed by atoms with Crippen molar-refractivity contribution < 1.29 is 14.3 Å². The summed E-state index contributed by atoms with van der Waals surface area (Å²) < 4.78 is 5.30. The van der Waals surface area contributed by atoms with Gasteiger partial charge in [0.05, 0.1) is 6.61 Å². The number of carbonyl (C=O) groups is 2. The zero-order chi connectivity index (χ0) is 19.1. The molecule has 0 spiro atoms. The maximum Gasteiger partial charge on any atom is 0.220 e. The van der Waals surface area contributed by atoms with Crippen molar-refractivity contribution in [2.24, 2.45) is 22.7 Å². The summed E-state index contributed by atoms with van der Waals surface area (Å²) in [7, 11) is 0. The Kier molecular flexibility index (Phi) is 5.02. The summed E-state index contributed by atoms with van der Waals surface area (Å²) in [6.45, 7) is 13.6. The number of fused-ring (bicyclic) bond motifs is 1. The van der Waals surface area contributed by atoms with Crippen LogP contribution in [0, 0.1) is 22.7 Å². The quantitative estimate of drug-likeness (QED) is 0.515. The lowest BCUT2D eigenvalue weighted by molar-refractivity contribution is -0.118. The van der Waals surface area contributed by atoms with Gasteiger partial charge >= 0.3 is 0 Å². The molecule has 4 atom stereocenters. The molecule has 0 N–H and O–H groups in total. The first kappa shape index (κ1) is 19.1. The predicted octanol–water partition coefficient (Wildman–Crippen LogP) is 5.17. The van der Waals surface area contributed by atoms with Crippen LogP contribution in [0.2, 0.25) is 0 Å². The third-order valence-corrected chi connectivity index (χ3v) is 7.56. The third-order valence-electron chi connectivity index (χ3n) is 7.56. The van der Waals surface area contributed by atoms with Gasteiger partial charge in [0, 0.05) is 11.6 Å². The van der Waals surface area contributed by atoms with Gasteiger partial charge in [-0.05, 0) is 74.2 Å². The smallest absolute Gasteiger partial charge is 0.220 e. The monoisotopic (exact) mass is 356 g/mol. The van der Waals surface area contributed by atoms with Crippen LogP contribution >= 0.6 is 0 Å². The zero-order valence-corrected chi connectivity index (χ0v) is 16.7. The second-order valence-electron chi connectivity index (χ2n) is 8.93. The highest BCUT2D eigenvalue weighted by Crippen LogP contribution is 2.63. The van der Waals surface area contributed by atoms with Gasteiger partial charge in [-0.25, -0.2) is 0 Å². The van der Waals surface area contributed by atoms with E-state index in [2.05, 4.69) is 27.4 Å². The van der Waals surface area contributed by atoms with Crippen LogP contribution in [-0.2, 0) is 14.3 Å². The number of hydrogen-bond acceptors (Lipinski definition) is 3. The fraction of sp³-hybridized carbons (Fsp3) is 0.652. The normalized spacial score (nSPS) is 37.8. The van der Waals surface area contributed by atoms with Gasteiger partial charge in [0.25, 0.3) is 0 Å². The minimum Gasteiger partial charge on any atom is -0.490 e. The molecule has 2 fully saturated rings. The summed E-state index contributed by atoms with van der Waals surface area (Å²) in [5.41, 5.74) is 2.20. The van der Waals surface area contributed by atoms with Crippen LogP contribution in [0.1, 0.15) is 66.2 Å². The van der Waals surface area contributed by atoms with Gasteiger partial charge in [0.2, 0.25) is 5.78 Å². The first-order chi connectivity index (χ1) is 12.2. The summed E-state index contributed by atoms with van der Waals surface area (Å²) >= 11 is 0. The summed E-state index contributed by atoms with van der Waals surface area (Å²) in [4.78, 5) is 25.0. The van der Waals surface area contributed by atoms with Crippen molar-refractivity contribution in [2.45, 2.75) is 66.2 Å². The molecule has 0 amide bonds. The van der Waals surface area contributed by atoms with E-state index in [0.717, 1.165) is 12.8 Å². The molecular formula is C23H32O3. The van der Waals surface area contributed by atoms with Crippen LogP contribution in [0.4, 0.5) is 0 Å². The van der Waals surface area contributed by atoms with Crippen molar-refractivity contribution in [1.29, 1.82) is 0 Å². The second-order valence-corrected chi connectivity index (χ2v) is 8.93. The molecular weight excluding hydrogens is 324 g/mol. The Labute approximate surface area is 157 Å². The van der Waals surface area contributed by atoms with Gasteiger partial charge in [0.1, 0.15) is 0 Å². The molecule has 3 aliphatic carbocycles. The minimum absolute atomic E-state index is 0.00902. The molecule has 2 saturated carbocycles. The highest BCUT2D eigenvalue weighted by atomic mass is 16.5. The molecule has 3 rings (SSSR count). The van der Waals surface area contributed by atoms with E-state index in [1.807, 2.05) is 6.92 Å². The minimum atomic E-state index is -0.177. The maximum atomic E-state index is 12.7. The highest BCUT2D eigenvalue weighted by molar-refractivity contribution is 6.19. The Morgan fingerprint density at radius 1 is 1.19 bits per heavy atom. The van der Waals surface area contributed by atoms with Crippen molar-refractivity contribution >= 4 is 11.6 Å². The van der Waals surface area contributed by atoms with Gasteiger partial charge in [-0.1, -0.05) is 32.9 Å². The molecule has 3 aliphatic rings. The molecule has 0 bridgehead atoms. The third kappa shape index (κ3) is 3.00. The lowest BCUT2D eigenvalue weighted by atomic mass is 9.46. The predicted molar refractivity (Wildman–Crippen MR) is 104 cm³/mol. The van der Waals surface area contributed by atoms with Crippen molar-refractivity contribution in [3.05, 3.63) is 35.6 Å². The SMILES string of the molecule is C=C1CCCC2C1(C)CCC(C)C2(C)CC1=CC(=O)C(OCC)=CC1=O. The molecule has 0 aromatic heterocycles. The Morgan fingerprint density at radius 2 is 1.92 bits per heavy atom. The van der Waals surface area contributed by atoms with Gasteiger partial charge in [0.15, 0.2) is 11.5 Å². The number of carbonyl (C=O) groups excluding carboxylic acids is 2. The molecule has 26 heavy (non-hydrogen) atoms. The fourth-order valence-electron chi connectivity index (χ4n) is 5.67. The van der Waals surface area contributed by atoms with Gasteiger partial charge in [-0.2, -0.15) is 0 Å². The molecule has 0 saturated heterocycles. The molecule has 142 valence electrons. The van der Waals surface area contributed by atoms with Crippen molar-refractivity contribution in [1.82, 2.24) is 0 Å². The van der Waals surface area contributed by atoms with Crippen LogP contribution in [0.25, 0.3) is 0 Å². The van der Waals surface area contributed by atoms with Crippen molar-refractivity contribution in [3.8, 4) is 0 Å². The van der Waals surface area contributed by atoms with Crippen LogP contribution in [0.3, 0.4) is 0 Å². The van der Waals surface area contributed by atoms with E-state index in [9.17, 15) is 9.59 Å². The zero-order valence-electron chi connectivity index (χ0n) is 16.7. The second kappa shape index (κ2) is 6.83. The molecule has 0 aromatic rings. The van der Waals surface area contributed by atoms with Crippen molar-refractivity contribution in [3.63, 3.8) is 0 Å². The van der Waals surface area contributed by atoms with Crippen LogP contribution < -0.4 is 0 Å². The largest absolute Gasteiger partial charge is 0.490 e. The van der Waals surface area contributed by atoms with Crippen LogP contribution in [0.15, 0.2) is 35.6 Å². The average Bonchev–Trinajstić information content (AvgIpc) is 2.58. The van der Waals surface area contributed by atoms with Gasteiger partial charge in [-0.15, -0.1) is 0 Å². The van der Waals surface area contributed by atoms with Crippen LogP contribution in [-0.4, -0.2) is 18.2 Å². The Balaban J connectivity index is 1.90. The van der Waals surface area contributed by atoms with E-state index < -0.39 is 0 Å². The number of hydrogen-bond donors (Lipinski definition) is 0. The highest BCUT2D eigenvalue weighted by Gasteiger charge is 2.54. The lowest BCUT2D eigenvalue weighted by Gasteiger charge is -2.59. The first-order valence-electron chi connectivity index (χ1n) is 10.0. The first-order valence-corrected chi connectivity index (χ1v) is 10.0. The topological polar surface area (TPSA) is 43.4 Å². The van der Waals surface area contributed by atoms with E-state index in [1.54, 1.807) is 0 Å². The summed E-state index contributed by atoms with van der Waals surface area (Å²) in [6, 6.07) is 0. The van der Waals surface area contributed by atoms with E-state index in [-0.39, 0.29) is 28.2 Å². The van der Waals surface area contributed by atoms with E-state index in [4.69, 9.17) is 4.74 Å². The summed E-state index contributed by atoms with van der Waals surface area (Å²) in [5.74, 6) is 0.973. The Bertz CT molecular complexity index is 698. The number of rotatable bonds is 4. The van der Waals surface area contributed by atoms with Gasteiger partial charge < -0.3 is 4.74 Å². The fourth-order valence-corrected chi connectivity index (χ4v) is 5.67. The van der Waals surface area contributed by atoms with Crippen molar-refractivity contribution in [2.75, 3.05) is 6.61 Å². The number of ketones is 2. The van der Waals surface area contributed by atoms with E-state index in [1.165, 1.54) is 37.0 Å². The average molecular weight is 357 g/mol. The molecule has 0 radical (unpaired) electrons. The summed E-state index contributed by atoms with van der Waals surface area (Å²) in [5, 5.41) is 0. The molecule has 3 nitrogen and oxygen atoms in total. The standard InChI is InChI=1S/C23H32O3/c1-6-26-20-13-18(24)17(12-19(20)25)14-23(5)16(3)10-11-22(4)15(2)8-7-9-21(22)23/h12-13,16,21H,2,6-11,14H2,1,3-5H3. The Morgan fingerprint density at radius 3 is 2.62 bits per heavy atom. The number of allylic oxidation sites excluding steroid dienone is 4. The Hall–Kier alpha value is -1.64. The molecule has 3 heteroatoms. The molecule has 4 unspecified atom stereocenters. The van der Waals surface area contributed by atoms with E-state index >= 15 is 0 Å². The van der Waals surface area contributed by atoms with Crippen LogP contribution in [0.5, 0.6) is 0 Å². The number of ether oxygens (including phenoxy) is 1. The lowest BCUT2D eigenvalue weighted by Crippen LogP contribution is -2.50. The van der Waals surface area contributed by atoms with E-state index in [0.29, 0.717) is 30.4 Å². The summed E-state index contributed by atoms with van der Waals surface area (Å²) in [6.07, 6.45) is 9.41. The maximum absolute atomic E-state index is 12.7. The van der Waals surface area contributed by atoms with Gasteiger partial charge in [-0.3, -0.25) is 9.59 Å². The molecule has 0 aliphatic heterocycles.